The van der Waals surface area contributed by atoms with Gasteiger partial charge in [0, 0.05) is 28.8 Å². The van der Waals surface area contributed by atoms with Crippen molar-refractivity contribution in [2.45, 2.75) is 96.7 Å². The molecule has 2 aliphatic carbocycles. The zero-order chi connectivity index (χ0) is 34.6. The number of nitrogens with one attached hydrogen (secondary N) is 2. The number of fused-ring (bicyclic) bond motifs is 4. The molecule has 3 aromatic rings. The standard InChI is InChI=1S/C36H45N5O6S/c1-21-10-8-11-22(2)29(21)30-23(3)31-39-33(38-30)40-48(44,45)28-13-9-12-24(14-28)32(42)41(27(20-47-31)17-35(4,5)6)26-18-36(19-26)15-25(16-36)37-34(43)46-7/h8-14,25-27H,15-20H2,1-7H3,(H,37,43)(H,38,39,40)/t25?,26?,27-,36?/m1/s1. The summed E-state index contributed by atoms with van der Waals surface area (Å²) >= 11 is 0. The van der Waals surface area contributed by atoms with Gasteiger partial charge in [-0.1, -0.05) is 45.0 Å². The first-order valence-corrected chi connectivity index (χ1v) is 17.9. The zero-order valence-corrected chi connectivity index (χ0v) is 29.5. The van der Waals surface area contributed by atoms with E-state index >= 15 is 0 Å². The van der Waals surface area contributed by atoms with Crippen LogP contribution >= 0.6 is 0 Å². The minimum atomic E-state index is -4.16. The van der Waals surface area contributed by atoms with Crippen LogP contribution in [0.15, 0.2) is 47.4 Å². The molecule has 0 radical (unpaired) electrons. The maximum atomic E-state index is 14.5. The number of carbonyl (C=O) groups is 2. The molecular weight excluding hydrogens is 630 g/mol. The van der Waals surface area contributed by atoms with Crippen LogP contribution in [-0.2, 0) is 14.8 Å². The summed E-state index contributed by atoms with van der Waals surface area (Å²) in [5, 5.41) is 2.89. The Morgan fingerprint density at radius 1 is 1.06 bits per heavy atom. The van der Waals surface area contributed by atoms with E-state index in [0.717, 1.165) is 42.4 Å². The van der Waals surface area contributed by atoms with Crippen molar-refractivity contribution in [2.75, 3.05) is 18.4 Å². The van der Waals surface area contributed by atoms with Crippen LogP contribution in [-0.4, -0.2) is 67.1 Å². The number of methoxy groups -OCH3 is 1. The molecule has 1 atom stereocenters. The molecule has 4 bridgehead atoms. The van der Waals surface area contributed by atoms with E-state index in [2.05, 4.69) is 35.8 Å². The molecule has 2 N–H and O–H groups in total. The quantitative estimate of drug-likeness (QED) is 0.335. The number of benzene rings is 2. The highest BCUT2D eigenvalue weighted by molar-refractivity contribution is 7.92. The Hall–Kier alpha value is -4.19. The highest BCUT2D eigenvalue weighted by Crippen LogP contribution is 2.58. The van der Waals surface area contributed by atoms with Gasteiger partial charge in [-0.25, -0.2) is 22.9 Å². The van der Waals surface area contributed by atoms with Gasteiger partial charge in [0.2, 0.25) is 11.8 Å². The van der Waals surface area contributed by atoms with Gasteiger partial charge < -0.3 is 19.7 Å². The maximum absolute atomic E-state index is 14.5. The second-order valence-electron chi connectivity index (χ2n) is 15.0. The van der Waals surface area contributed by atoms with E-state index in [1.165, 1.54) is 19.2 Å². The van der Waals surface area contributed by atoms with E-state index in [9.17, 15) is 18.0 Å². The molecule has 48 heavy (non-hydrogen) atoms. The Morgan fingerprint density at radius 2 is 1.73 bits per heavy atom. The number of hydrogen-bond donors (Lipinski definition) is 2. The Balaban J connectivity index is 1.42. The van der Waals surface area contributed by atoms with Crippen molar-refractivity contribution in [2.24, 2.45) is 10.8 Å². The second-order valence-corrected chi connectivity index (χ2v) is 16.7. The number of amides is 2. The molecule has 3 aliphatic rings. The molecule has 1 spiro atoms. The minimum absolute atomic E-state index is 0.0402. The highest BCUT2D eigenvalue weighted by Gasteiger charge is 2.56. The first-order chi connectivity index (χ1) is 22.6. The minimum Gasteiger partial charge on any atom is -0.475 e. The van der Waals surface area contributed by atoms with Crippen molar-refractivity contribution in [1.82, 2.24) is 20.2 Å². The van der Waals surface area contributed by atoms with E-state index in [1.54, 1.807) is 12.1 Å². The van der Waals surface area contributed by atoms with Gasteiger partial charge in [0.25, 0.3) is 15.9 Å². The van der Waals surface area contributed by atoms with Gasteiger partial charge >= 0.3 is 6.09 Å². The summed E-state index contributed by atoms with van der Waals surface area (Å²) < 4.78 is 41.4. The lowest BCUT2D eigenvalue weighted by Crippen LogP contribution is -2.64. The summed E-state index contributed by atoms with van der Waals surface area (Å²) in [5.41, 5.74) is 4.30. The molecule has 2 fully saturated rings. The Kier molecular flexibility index (Phi) is 8.68. The molecule has 0 unspecified atom stereocenters. The smallest absolute Gasteiger partial charge is 0.407 e. The molecule has 6 rings (SSSR count). The second kappa shape index (κ2) is 12.4. The third-order valence-corrected chi connectivity index (χ3v) is 11.2. The Labute approximate surface area is 282 Å². The van der Waals surface area contributed by atoms with Crippen LogP contribution in [0.25, 0.3) is 11.3 Å². The lowest BCUT2D eigenvalue weighted by molar-refractivity contribution is -0.0788. The van der Waals surface area contributed by atoms with Crippen LogP contribution in [0.1, 0.15) is 79.9 Å². The Morgan fingerprint density at radius 3 is 2.38 bits per heavy atom. The van der Waals surface area contributed by atoms with Crippen molar-refractivity contribution in [1.29, 1.82) is 0 Å². The van der Waals surface area contributed by atoms with Crippen LogP contribution in [0.3, 0.4) is 0 Å². The predicted molar refractivity (Wildman–Crippen MR) is 182 cm³/mol. The number of nitrogens with zero attached hydrogens (tertiary/aromatic N) is 3. The van der Waals surface area contributed by atoms with Crippen molar-refractivity contribution in [3.05, 3.63) is 64.7 Å². The number of hydrogen-bond acceptors (Lipinski definition) is 8. The summed E-state index contributed by atoms with van der Waals surface area (Å²) in [6.07, 6.45) is 3.42. The molecule has 2 amide bonds. The summed E-state index contributed by atoms with van der Waals surface area (Å²) in [5.74, 6) is -0.0776. The van der Waals surface area contributed by atoms with Crippen LogP contribution in [0, 0.1) is 31.6 Å². The van der Waals surface area contributed by atoms with Gasteiger partial charge in [-0.15, -0.1) is 0 Å². The van der Waals surface area contributed by atoms with E-state index in [1.807, 2.05) is 43.9 Å². The Bertz CT molecular complexity index is 1840. The number of aromatic nitrogens is 2. The fourth-order valence-electron chi connectivity index (χ4n) is 7.77. The fourth-order valence-corrected chi connectivity index (χ4v) is 8.76. The predicted octanol–water partition coefficient (Wildman–Crippen LogP) is 6.18. The fraction of sp³-hybridized carbons (Fsp3) is 0.500. The van der Waals surface area contributed by atoms with E-state index in [4.69, 9.17) is 14.5 Å². The maximum Gasteiger partial charge on any atom is 0.407 e. The molecule has 1 aromatic heterocycles. The lowest BCUT2D eigenvalue weighted by atomic mass is 9.51. The largest absolute Gasteiger partial charge is 0.475 e. The molecule has 11 nitrogen and oxygen atoms in total. The monoisotopic (exact) mass is 675 g/mol. The van der Waals surface area contributed by atoms with Crippen molar-refractivity contribution < 1.29 is 27.5 Å². The molecule has 0 saturated heterocycles. The SMILES string of the molecule is COC(=O)NC1CC2(C1)CC(N1C(=O)c3cccc(c3)S(=O)(=O)Nc3nc(c(C)c(-c4c(C)cccc4C)n3)OC[C@H]1CC(C)(C)C)C2. The topological polar surface area (TPSA) is 140 Å². The van der Waals surface area contributed by atoms with Crippen molar-refractivity contribution >= 4 is 28.0 Å². The van der Waals surface area contributed by atoms with Crippen LogP contribution in [0.5, 0.6) is 5.88 Å². The van der Waals surface area contributed by atoms with E-state index in [0.29, 0.717) is 17.7 Å². The summed E-state index contributed by atoms with van der Waals surface area (Å²) in [6.45, 7) is 12.4. The summed E-state index contributed by atoms with van der Waals surface area (Å²) in [6, 6.07) is 11.7. The van der Waals surface area contributed by atoms with Gasteiger partial charge in [-0.3, -0.25) is 4.79 Å². The van der Waals surface area contributed by atoms with Gasteiger partial charge in [0.05, 0.1) is 23.7 Å². The molecular formula is C36H45N5O6S. The lowest BCUT2D eigenvalue weighted by Gasteiger charge is -2.60. The van der Waals surface area contributed by atoms with Crippen molar-refractivity contribution in [3.63, 3.8) is 0 Å². The molecule has 2 heterocycles. The summed E-state index contributed by atoms with van der Waals surface area (Å²) in [7, 11) is -2.81. The highest BCUT2D eigenvalue weighted by atomic mass is 32.2. The normalized spacial score (nSPS) is 24.9. The number of alkyl carbamates (subject to hydrolysis) is 1. The molecule has 2 aromatic carbocycles. The van der Waals surface area contributed by atoms with Crippen molar-refractivity contribution in [3.8, 4) is 17.1 Å². The molecule has 2 saturated carbocycles. The first-order valence-electron chi connectivity index (χ1n) is 16.5. The number of sulfonamides is 1. The number of carbonyl (C=O) groups excluding carboxylic acids is 2. The molecule has 12 heteroatoms. The van der Waals surface area contributed by atoms with E-state index < -0.39 is 16.1 Å². The summed E-state index contributed by atoms with van der Waals surface area (Å²) in [4.78, 5) is 37.5. The number of anilines is 1. The van der Waals surface area contributed by atoms with Gasteiger partial charge in [0.1, 0.15) is 6.61 Å². The average Bonchev–Trinajstić information content (AvgIpc) is 2.97. The number of ether oxygens (including phenoxy) is 2. The number of aryl methyl sites for hydroxylation is 2. The third-order valence-electron chi connectivity index (χ3n) is 9.92. The van der Waals surface area contributed by atoms with E-state index in [-0.39, 0.29) is 63.8 Å². The third kappa shape index (κ3) is 6.59. The van der Waals surface area contributed by atoms with Crippen LogP contribution in [0.2, 0.25) is 0 Å². The van der Waals surface area contributed by atoms with Gasteiger partial charge in [-0.05, 0) is 93.0 Å². The number of rotatable bonds is 4. The van der Waals surface area contributed by atoms with Crippen LogP contribution in [0.4, 0.5) is 10.7 Å². The van der Waals surface area contributed by atoms with Gasteiger partial charge in [-0.2, -0.15) is 4.98 Å². The molecule has 1 aliphatic heterocycles. The molecule has 256 valence electrons. The van der Waals surface area contributed by atoms with Gasteiger partial charge in [0.15, 0.2) is 0 Å². The van der Waals surface area contributed by atoms with Crippen LogP contribution < -0.4 is 14.8 Å². The average molecular weight is 676 g/mol. The first kappa shape index (κ1) is 33.7. The zero-order valence-electron chi connectivity index (χ0n) is 28.7.